The largest absolute Gasteiger partial charge is 0.416 e. The second-order valence-corrected chi connectivity index (χ2v) is 7.05. The summed E-state index contributed by atoms with van der Waals surface area (Å²) in [6, 6.07) is 13.6. The number of likely N-dealkylation sites (N-methyl/N-ethyl adjacent to an activating group) is 1. The fourth-order valence-electron chi connectivity index (χ4n) is 2.54. The molecule has 0 radical (unpaired) electrons. The molecule has 29 heavy (non-hydrogen) atoms. The number of hydrogen-bond acceptors (Lipinski definition) is 4. The SMILES string of the molecule is CN(CC(=O)Nc1ccccc1)C(=O)c1csc(-c2cccc(C(F)(F)F)c2)n1. The van der Waals surface area contributed by atoms with Crippen molar-refractivity contribution in [3.8, 4) is 10.6 Å². The molecule has 0 fully saturated rings. The summed E-state index contributed by atoms with van der Waals surface area (Å²) in [6.45, 7) is -0.190. The molecule has 0 saturated carbocycles. The minimum atomic E-state index is -4.46. The zero-order valence-electron chi connectivity index (χ0n) is 15.2. The van der Waals surface area contributed by atoms with Crippen LogP contribution in [0.2, 0.25) is 0 Å². The van der Waals surface area contributed by atoms with E-state index in [2.05, 4.69) is 10.3 Å². The minimum Gasteiger partial charge on any atom is -0.331 e. The van der Waals surface area contributed by atoms with Crippen molar-refractivity contribution in [2.75, 3.05) is 18.9 Å². The number of nitrogens with one attached hydrogen (secondary N) is 1. The molecule has 0 spiro atoms. The molecule has 0 aliphatic carbocycles. The van der Waals surface area contributed by atoms with Crippen LogP contribution < -0.4 is 5.32 Å². The molecule has 0 saturated heterocycles. The van der Waals surface area contributed by atoms with E-state index in [9.17, 15) is 22.8 Å². The Morgan fingerprint density at radius 3 is 2.52 bits per heavy atom. The number of alkyl halides is 3. The topological polar surface area (TPSA) is 62.3 Å². The monoisotopic (exact) mass is 419 g/mol. The molecule has 0 aliphatic rings. The summed E-state index contributed by atoms with van der Waals surface area (Å²) in [6.07, 6.45) is -4.46. The molecule has 150 valence electrons. The zero-order chi connectivity index (χ0) is 21.0. The van der Waals surface area contributed by atoms with Crippen molar-refractivity contribution in [1.82, 2.24) is 9.88 Å². The smallest absolute Gasteiger partial charge is 0.331 e. The van der Waals surface area contributed by atoms with E-state index in [1.165, 1.54) is 29.5 Å². The van der Waals surface area contributed by atoms with Gasteiger partial charge in [-0.05, 0) is 24.3 Å². The van der Waals surface area contributed by atoms with Gasteiger partial charge in [-0.3, -0.25) is 9.59 Å². The van der Waals surface area contributed by atoms with Crippen LogP contribution in [-0.2, 0) is 11.0 Å². The Balaban J connectivity index is 1.68. The lowest BCUT2D eigenvalue weighted by Crippen LogP contribution is -2.35. The summed E-state index contributed by atoms with van der Waals surface area (Å²) in [5.74, 6) is -0.872. The van der Waals surface area contributed by atoms with E-state index in [1.807, 2.05) is 6.07 Å². The number of carbonyl (C=O) groups is 2. The van der Waals surface area contributed by atoms with Crippen molar-refractivity contribution in [2.45, 2.75) is 6.18 Å². The van der Waals surface area contributed by atoms with E-state index in [-0.39, 0.29) is 23.7 Å². The van der Waals surface area contributed by atoms with Gasteiger partial charge in [0.1, 0.15) is 10.7 Å². The maximum Gasteiger partial charge on any atom is 0.416 e. The Kier molecular flexibility index (Phi) is 5.97. The first-order chi connectivity index (χ1) is 13.7. The summed E-state index contributed by atoms with van der Waals surface area (Å²) >= 11 is 1.06. The molecular formula is C20H16F3N3O2S. The van der Waals surface area contributed by atoms with Crippen molar-refractivity contribution < 1.29 is 22.8 Å². The first kappa shape index (κ1) is 20.5. The third-order valence-electron chi connectivity index (χ3n) is 3.95. The van der Waals surface area contributed by atoms with Gasteiger partial charge in [0.25, 0.3) is 5.91 Å². The highest BCUT2D eigenvalue weighted by Crippen LogP contribution is 2.33. The number of nitrogens with zero attached hydrogens (tertiary/aromatic N) is 2. The van der Waals surface area contributed by atoms with Crippen LogP contribution in [0.1, 0.15) is 16.1 Å². The summed E-state index contributed by atoms with van der Waals surface area (Å²) in [5, 5.41) is 4.43. The number of anilines is 1. The number of benzene rings is 2. The van der Waals surface area contributed by atoms with Gasteiger partial charge in [-0.15, -0.1) is 11.3 Å². The Bertz CT molecular complexity index is 1020. The van der Waals surface area contributed by atoms with E-state index in [0.717, 1.165) is 23.5 Å². The van der Waals surface area contributed by atoms with Gasteiger partial charge in [-0.1, -0.05) is 30.3 Å². The van der Waals surface area contributed by atoms with E-state index in [1.54, 1.807) is 24.3 Å². The van der Waals surface area contributed by atoms with Gasteiger partial charge in [-0.25, -0.2) is 4.98 Å². The first-order valence-electron chi connectivity index (χ1n) is 8.47. The molecule has 3 aromatic rings. The van der Waals surface area contributed by atoms with Gasteiger partial charge in [0.05, 0.1) is 12.1 Å². The molecule has 0 unspecified atom stereocenters. The Morgan fingerprint density at radius 2 is 1.83 bits per heavy atom. The molecule has 0 bridgehead atoms. The Hall–Kier alpha value is -3.20. The maximum atomic E-state index is 12.9. The molecule has 0 aliphatic heterocycles. The van der Waals surface area contributed by atoms with Crippen molar-refractivity contribution in [3.63, 3.8) is 0 Å². The molecule has 9 heteroatoms. The predicted octanol–water partition coefficient (Wildman–Crippen LogP) is 4.54. The molecule has 1 aromatic heterocycles. The molecular weight excluding hydrogens is 403 g/mol. The maximum absolute atomic E-state index is 12.9. The molecule has 2 amide bonds. The fourth-order valence-corrected chi connectivity index (χ4v) is 3.33. The van der Waals surface area contributed by atoms with Gasteiger partial charge >= 0.3 is 6.18 Å². The number of halogens is 3. The highest BCUT2D eigenvalue weighted by atomic mass is 32.1. The van der Waals surface area contributed by atoms with E-state index >= 15 is 0 Å². The second-order valence-electron chi connectivity index (χ2n) is 6.19. The Morgan fingerprint density at radius 1 is 1.10 bits per heavy atom. The number of amides is 2. The van der Waals surface area contributed by atoms with E-state index < -0.39 is 17.6 Å². The Labute approximate surface area is 168 Å². The van der Waals surface area contributed by atoms with Crippen LogP contribution in [0, 0.1) is 0 Å². The van der Waals surface area contributed by atoms with Crippen LogP contribution in [0.4, 0.5) is 18.9 Å². The number of para-hydroxylation sites is 1. The number of hydrogen-bond donors (Lipinski definition) is 1. The highest BCUT2D eigenvalue weighted by Gasteiger charge is 2.30. The quantitative estimate of drug-likeness (QED) is 0.661. The molecule has 2 aromatic carbocycles. The summed E-state index contributed by atoms with van der Waals surface area (Å²) in [5.41, 5.74) is 0.164. The predicted molar refractivity (Wildman–Crippen MR) is 105 cm³/mol. The average molecular weight is 419 g/mol. The van der Waals surface area contributed by atoms with Gasteiger partial charge in [0.15, 0.2) is 0 Å². The van der Waals surface area contributed by atoms with Gasteiger partial charge in [0.2, 0.25) is 5.91 Å². The van der Waals surface area contributed by atoms with Crippen LogP contribution in [-0.4, -0.2) is 35.3 Å². The van der Waals surface area contributed by atoms with Crippen LogP contribution in [0.25, 0.3) is 10.6 Å². The third-order valence-corrected chi connectivity index (χ3v) is 4.84. The number of rotatable bonds is 5. The highest BCUT2D eigenvalue weighted by molar-refractivity contribution is 7.13. The number of carbonyl (C=O) groups excluding carboxylic acids is 2. The van der Waals surface area contributed by atoms with E-state index in [0.29, 0.717) is 10.7 Å². The van der Waals surface area contributed by atoms with Gasteiger partial charge in [-0.2, -0.15) is 13.2 Å². The molecule has 1 N–H and O–H groups in total. The molecule has 5 nitrogen and oxygen atoms in total. The second kappa shape index (κ2) is 8.44. The van der Waals surface area contributed by atoms with Gasteiger partial charge < -0.3 is 10.2 Å². The van der Waals surface area contributed by atoms with Crippen molar-refractivity contribution in [2.24, 2.45) is 0 Å². The molecule has 0 atom stereocenters. The summed E-state index contributed by atoms with van der Waals surface area (Å²) in [7, 11) is 1.45. The van der Waals surface area contributed by atoms with Crippen LogP contribution >= 0.6 is 11.3 Å². The van der Waals surface area contributed by atoms with Crippen LogP contribution in [0.3, 0.4) is 0 Å². The normalized spacial score (nSPS) is 11.2. The fraction of sp³-hybridized carbons (Fsp3) is 0.150. The van der Waals surface area contributed by atoms with Crippen molar-refractivity contribution in [1.29, 1.82) is 0 Å². The lowest BCUT2D eigenvalue weighted by molar-refractivity contribution is -0.137. The first-order valence-corrected chi connectivity index (χ1v) is 9.35. The summed E-state index contributed by atoms with van der Waals surface area (Å²) in [4.78, 5) is 29.9. The third kappa shape index (κ3) is 5.20. The zero-order valence-corrected chi connectivity index (χ0v) is 16.1. The minimum absolute atomic E-state index is 0.0671. The van der Waals surface area contributed by atoms with Crippen molar-refractivity contribution >= 4 is 28.8 Å². The molecule has 3 rings (SSSR count). The van der Waals surface area contributed by atoms with Crippen molar-refractivity contribution in [3.05, 3.63) is 71.2 Å². The summed E-state index contributed by atoms with van der Waals surface area (Å²) < 4.78 is 38.7. The average Bonchev–Trinajstić information content (AvgIpc) is 3.17. The number of thiazole rings is 1. The number of aromatic nitrogens is 1. The lowest BCUT2D eigenvalue weighted by Gasteiger charge is -2.15. The molecule has 1 heterocycles. The lowest BCUT2D eigenvalue weighted by atomic mass is 10.1. The van der Waals surface area contributed by atoms with E-state index in [4.69, 9.17) is 0 Å². The van der Waals surface area contributed by atoms with Crippen LogP contribution in [0.15, 0.2) is 60.0 Å². The van der Waals surface area contributed by atoms with Gasteiger partial charge in [0, 0.05) is 23.7 Å². The standard InChI is InChI=1S/C20H16F3N3O2S/c1-26(11-17(27)24-15-8-3-2-4-9-15)19(28)16-12-29-18(25-16)13-6-5-7-14(10-13)20(21,22)23/h2-10,12H,11H2,1H3,(H,24,27). The van der Waals surface area contributed by atoms with Crippen LogP contribution in [0.5, 0.6) is 0 Å².